The molecule has 1 aliphatic heterocycles. The molecule has 26 heavy (non-hydrogen) atoms. The van der Waals surface area contributed by atoms with Crippen LogP contribution in [-0.2, 0) is 17.8 Å². The number of anilines is 1. The van der Waals surface area contributed by atoms with E-state index in [9.17, 15) is 9.59 Å². The number of hydrogen-bond donors (Lipinski definition) is 0. The average molecular weight is 373 g/mol. The Hall–Kier alpha value is -2.37. The van der Waals surface area contributed by atoms with Gasteiger partial charge in [0.15, 0.2) is 0 Å². The molecule has 0 aromatic heterocycles. The van der Waals surface area contributed by atoms with Crippen molar-refractivity contribution in [1.29, 1.82) is 0 Å². The lowest BCUT2D eigenvalue weighted by Crippen LogP contribution is -2.39. The fraction of sp³-hybridized carbons (Fsp3) is 0.300. The van der Waals surface area contributed by atoms with Gasteiger partial charge in [-0.1, -0.05) is 24.6 Å². The molecule has 0 N–H and O–H groups in total. The van der Waals surface area contributed by atoms with Crippen LogP contribution < -0.4 is 9.64 Å². The van der Waals surface area contributed by atoms with Crippen molar-refractivity contribution >= 4 is 29.0 Å². The second-order valence-corrected chi connectivity index (χ2v) is 6.82. The van der Waals surface area contributed by atoms with E-state index in [2.05, 4.69) is 0 Å². The molecule has 2 aromatic carbocycles. The molecule has 1 aliphatic rings. The molecule has 0 atom stereocenters. The number of ketones is 1. The molecule has 0 aliphatic carbocycles. The van der Waals surface area contributed by atoms with E-state index in [4.69, 9.17) is 16.3 Å². The predicted octanol–water partition coefficient (Wildman–Crippen LogP) is 3.53. The number of carbonyl (C=O) groups is 2. The lowest BCUT2D eigenvalue weighted by Gasteiger charge is -2.25. The van der Waals surface area contributed by atoms with Gasteiger partial charge < -0.3 is 4.74 Å². The third-order valence-corrected chi connectivity index (χ3v) is 4.74. The number of hydrogen-bond acceptors (Lipinski definition) is 4. The number of fused-ring (bicyclic) bond motifs is 1. The summed E-state index contributed by atoms with van der Waals surface area (Å²) in [6.07, 6.45) is 0.823. The van der Waals surface area contributed by atoms with E-state index in [-0.39, 0.29) is 0 Å². The standard InChI is InChI=1S/C20H21ClN2O3/c1-4-13-5-7-17-16(9-13)19(24)20(25)23(17)12-22(2)11-14-10-15(21)6-8-18(14)26-3/h5-10H,4,11-12H2,1-3H3. The third kappa shape index (κ3) is 3.45. The minimum atomic E-state index is -0.488. The number of benzene rings is 2. The molecule has 0 spiro atoms. The highest BCUT2D eigenvalue weighted by molar-refractivity contribution is 6.52. The first-order chi connectivity index (χ1) is 12.4. The van der Waals surface area contributed by atoms with Crippen molar-refractivity contribution in [2.75, 3.05) is 25.7 Å². The smallest absolute Gasteiger partial charge is 0.300 e. The van der Waals surface area contributed by atoms with Crippen LogP contribution in [0.3, 0.4) is 0 Å². The summed E-state index contributed by atoms with van der Waals surface area (Å²) in [6.45, 7) is 2.86. The van der Waals surface area contributed by atoms with Crippen molar-refractivity contribution < 1.29 is 14.3 Å². The molecule has 5 nitrogen and oxygen atoms in total. The summed E-state index contributed by atoms with van der Waals surface area (Å²) in [5.41, 5.74) is 3.12. The van der Waals surface area contributed by atoms with Crippen LogP contribution in [0.15, 0.2) is 36.4 Å². The molecule has 6 heteroatoms. The van der Waals surface area contributed by atoms with Gasteiger partial charge in [-0.3, -0.25) is 19.4 Å². The molecular weight excluding hydrogens is 352 g/mol. The highest BCUT2D eigenvalue weighted by Gasteiger charge is 2.36. The Bertz CT molecular complexity index is 866. The van der Waals surface area contributed by atoms with Crippen molar-refractivity contribution in [3.63, 3.8) is 0 Å². The van der Waals surface area contributed by atoms with E-state index in [1.54, 1.807) is 13.2 Å². The van der Waals surface area contributed by atoms with E-state index < -0.39 is 11.7 Å². The first-order valence-electron chi connectivity index (χ1n) is 8.44. The van der Waals surface area contributed by atoms with Gasteiger partial charge in [0.1, 0.15) is 5.75 Å². The SMILES string of the molecule is CCc1ccc2c(c1)C(=O)C(=O)N2CN(C)Cc1cc(Cl)ccc1OC. The first-order valence-corrected chi connectivity index (χ1v) is 8.82. The van der Waals surface area contributed by atoms with E-state index in [1.165, 1.54) is 4.90 Å². The number of ether oxygens (including phenoxy) is 1. The number of aryl methyl sites for hydroxylation is 1. The molecule has 0 saturated heterocycles. The number of methoxy groups -OCH3 is 1. The normalized spacial score (nSPS) is 13.5. The third-order valence-electron chi connectivity index (χ3n) is 4.51. The highest BCUT2D eigenvalue weighted by Crippen LogP contribution is 2.30. The van der Waals surface area contributed by atoms with Gasteiger partial charge >= 0.3 is 5.91 Å². The maximum absolute atomic E-state index is 12.4. The molecule has 0 unspecified atom stereocenters. The zero-order chi connectivity index (χ0) is 18.8. The Balaban J connectivity index is 1.80. The summed E-state index contributed by atoms with van der Waals surface area (Å²) in [7, 11) is 3.49. The van der Waals surface area contributed by atoms with Crippen LogP contribution >= 0.6 is 11.6 Å². The molecule has 0 saturated carbocycles. The Kier molecular flexibility index (Phi) is 5.30. The van der Waals surface area contributed by atoms with Crippen LogP contribution in [0.25, 0.3) is 0 Å². The van der Waals surface area contributed by atoms with Crippen molar-refractivity contribution in [2.45, 2.75) is 19.9 Å². The molecule has 2 aromatic rings. The monoisotopic (exact) mass is 372 g/mol. The quantitative estimate of drug-likeness (QED) is 0.728. The van der Waals surface area contributed by atoms with Crippen LogP contribution in [0, 0.1) is 0 Å². The summed E-state index contributed by atoms with van der Waals surface area (Å²) in [4.78, 5) is 28.2. The van der Waals surface area contributed by atoms with Gasteiger partial charge in [0.05, 0.1) is 25.0 Å². The van der Waals surface area contributed by atoms with Gasteiger partial charge in [0, 0.05) is 17.1 Å². The fourth-order valence-corrected chi connectivity index (χ4v) is 3.36. The Labute approximate surface area is 158 Å². The fourth-order valence-electron chi connectivity index (χ4n) is 3.16. The topological polar surface area (TPSA) is 49.9 Å². The lowest BCUT2D eigenvalue weighted by atomic mass is 10.1. The highest BCUT2D eigenvalue weighted by atomic mass is 35.5. The van der Waals surface area contributed by atoms with Gasteiger partial charge in [-0.2, -0.15) is 0 Å². The number of Topliss-reactive ketones (excluding diaryl/α,β-unsaturated/α-hetero) is 1. The minimum absolute atomic E-state index is 0.304. The molecular formula is C20H21ClN2O3. The number of carbonyl (C=O) groups excluding carboxylic acids is 2. The van der Waals surface area contributed by atoms with E-state index in [0.717, 1.165) is 23.3 Å². The molecule has 0 radical (unpaired) electrons. The Morgan fingerprint density at radius 3 is 2.62 bits per heavy atom. The molecule has 3 rings (SSSR count). The van der Waals surface area contributed by atoms with Crippen LogP contribution in [-0.4, -0.2) is 37.4 Å². The van der Waals surface area contributed by atoms with Gasteiger partial charge in [-0.25, -0.2) is 0 Å². The summed E-state index contributed by atoms with van der Waals surface area (Å²) < 4.78 is 5.37. The van der Waals surface area contributed by atoms with Gasteiger partial charge in [-0.15, -0.1) is 0 Å². The van der Waals surface area contributed by atoms with Crippen molar-refractivity contribution in [2.24, 2.45) is 0 Å². The minimum Gasteiger partial charge on any atom is -0.496 e. The van der Waals surface area contributed by atoms with Crippen molar-refractivity contribution in [3.05, 3.63) is 58.1 Å². The number of rotatable bonds is 6. The molecule has 1 heterocycles. The first kappa shape index (κ1) is 18.4. The average Bonchev–Trinajstić information content (AvgIpc) is 2.86. The van der Waals surface area contributed by atoms with Crippen LogP contribution in [0.1, 0.15) is 28.4 Å². The number of halogens is 1. The number of nitrogens with zero attached hydrogens (tertiary/aromatic N) is 2. The summed E-state index contributed by atoms with van der Waals surface area (Å²) in [5.74, 6) is -0.194. The maximum Gasteiger partial charge on any atom is 0.300 e. The Morgan fingerprint density at radius 1 is 1.15 bits per heavy atom. The van der Waals surface area contributed by atoms with Crippen molar-refractivity contribution in [3.8, 4) is 5.75 Å². The summed E-state index contributed by atoms with van der Waals surface area (Å²) in [6, 6.07) is 11.1. The molecule has 0 bridgehead atoms. The van der Waals surface area contributed by atoms with Crippen LogP contribution in [0.5, 0.6) is 5.75 Å². The van der Waals surface area contributed by atoms with Crippen molar-refractivity contribution in [1.82, 2.24) is 4.90 Å². The molecule has 0 fully saturated rings. The van der Waals surface area contributed by atoms with Gasteiger partial charge in [0.2, 0.25) is 0 Å². The van der Waals surface area contributed by atoms with E-state index >= 15 is 0 Å². The molecule has 1 amide bonds. The van der Waals surface area contributed by atoms with Crippen LogP contribution in [0.2, 0.25) is 5.02 Å². The van der Waals surface area contributed by atoms with E-state index in [0.29, 0.717) is 29.5 Å². The van der Waals surface area contributed by atoms with Gasteiger partial charge in [-0.05, 0) is 49.4 Å². The van der Waals surface area contributed by atoms with Crippen LogP contribution in [0.4, 0.5) is 5.69 Å². The van der Waals surface area contributed by atoms with E-state index in [1.807, 2.05) is 49.2 Å². The lowest BCUT2D eigenvalue weighted by molar-refractivity contribution is -0.114. The maximum atomic E-state index is 12.4. The summed E-state index contributed by atoms with van der Waals surface area (Å²) in [5, 5.41) is 0.624. The largest absolute Gasteiger partial charge is 0.496 e. The number of amides is 1. The van der Waals surface area contributed by atoms with Gasteiger partial charge in [0.25, 0.3) is 5.78 Å². The molecule has 136 valence electrons. The second-order valence-electron chi connectivity index (χ2n) is 6.38. The predicted molar refractivity (Wildman–Crippen MR) is 102 cm³/mol. The Morgan fingerprint density at radius 2 is 1.92 bits per heavy atom. The summed E-state index contributed by atoms with van der Waals surface area (Å²) >= 11 is 6.08. The second kappa shape index (κ2) is 7.48. The zero-order valence-corrected chi connectivity index (χ0v) is 15.8. The zero-order valence-electron chi connectivity index (χ0n) is 15.1.